The minimum atomic E-state index is -0.180. The van der Waals surface area contributed by atoms with E-state index in [9.17, 15) is 4.79 Å². The molecule has 0 fully saturated rings. The Labute approximate surface area is 158 Å². The molecule has 2 heterocycles. The summed E-state index contributed by atoms with van der Waals surface area (Å²) < 4.78 is 1.77. The number of amides is 1. The lowest BCUT2D eigenvalue weighted by molar-refractivity contribution is 0.102. The van der Waals surface area contributed by atoms with Crippen molar-refractivity contribution in [2.75, 3.05) is 5.32 Å². The molecule has 0 saturated carbocycles. The van der Waals surface area contributed by atoms with Gasteiger partial charge in [0.15, 0.2) is 5.82 Å². The highest BCUT2D eigenvalue weighted by molar-refractivity contribution is 7.19. The van der Waals surface area contributed by atoms with Crippen molar-refractivity contribution in [2.45, 2.75) is 13.3 Å². The third kappa shape index (κ3) is 3.18. The second-order valence-electron chi connectivity index (χ2n) is 5.61. The Balaban J connectivity index is 1.53. The molecule has 4 aromatic rings. The lowest BCUT2D eigenvalue weighted by Crippen LogP contribution is -2.11. The third-order valence-corrected chi connectivity index (χ3v) is 5.07. The van der Waals surface area contributed by atoms with Gasteiger partial charge in [-0.2, -0.15) is 9.61 Å². The highest BCUT2D eigenvalue weighted by Crippen LogP contribution is 2.26. The average molecular weight is 384 g/mol. The molecule has 26 heavy (non-hydrogen) atoms. The molecule has 0 bridgehead atoms. The van der Waals surface area contributed by atoms with Crippen LogP contribution in [-0.4, -0.2) is 25.7 Å². The molecule has 6 nitrogen and oxygen atoms in total. The van der Waals surface area contributed by atoms with Gasteiger partial charge in [0, 0.05) is 28.3 Å². The second-order valence-corrected chi connectivity index (χ2v) is 7.00. The van der Waals surface area contributed by atoms with E-state index in [-0.39, 0.29) is 5.91 Å². The molecular weight excluding hydrogens is 370 g/mol. The van der Waals surface area contributed by atoms with E-state index in [0.29, 0.717) is 16.3 Å². The Kier molecular flexibility index (Phi) is 4.40. The maximum atomic E-state index is 12.3. The zero-order valence-electron chi connectivity index (χ0n) is 13.8. The zero-order chi connectivity index (χ0) is 18.1. The van der Waals surface area contributed by atoms with E-state index in [1.807, 2.05) is 31.2 Å². The van der Waals surface area contributed by atoms with Gasteiger partial charge in [-0.05, 0) is 48.5 Å². The number of carbonyl (C=O) groups is 1. The van der Waals surface area contributed by atoms with Crippen LogP contribution in [0.2, 0.25) is 5.02 Å². The quantitative estimate of drug-likeness (QED) is 0.569. The van der Waals surface area contributed by atoms with Crippen LogP contribution >= 0.6 is 22.9 Å². The van der Waals surface area contributed by atoms with E-state index < -0.39 is 0 Å². The topological polar surface area (TPSA) is 72.2 Å². The number of halogens is 1. The molecule has 2 aromatic carbocycles. The van der Waals surface area contributed by atoms with Gasteiger partial charge in [-0.3, -0.25) is 4.79 Å². The Morgan fingerprint density at radius 2 is 1.85 bits per heavy atom. The average Bonchev–Trinajstić information content (AvgIpc) is 3.23. The fraction of sp³-hybridized carbons (Fsp3) is 0.111. The first-order valence-corrected chi connectivity index (χ1v) is 9.22. The molecule has 1 N–H and O–H groups in total. The van der Waals surface area contributed by atoms with Gasteiger partial charge < -0.3 is 5.32 Å². The van der Waals surface area contributed by atoms with Crippen LogP contribution in [0.25, 0.3) is 15.5 Å². The van der Waals surface area contributed by atoms with Gasteiger partial charge >= 0.3 is 0 Å². The molecule has 0 saturated heterocycles. The lowest BCUT2D eigenvalue weighted by atomic mass is 10.2. The van der Waals surface area contributed by atoms with Crippen molar-refractivity contribution in [2.24, 2.45) is 0 Å². The maximum Gasteiger partial charge on any atom is 0.255 e. The molecular formula is C18H14ClN5OS. The summed E-state index contributed by atoms with van der Waals surface area (Å²) in [6.45, 7) is 2.02. The first kappa shape index (κ1) is 16.7. The summed E-state index contributed by atoms with van der Waals surface area (Å²) in [5.74, 6) is 0.662. The van der Waals surface area contributed by atoms with Crippen molar-refractivity contribution in [1.82, 2.24) is 19.8 Å². The smallest absolute Gasteiger partial charge is 0.255 e. The van der Waals surface area contributed by atoms with Crippen LogP contribution in [0.1, 0.15) is 23.1 Å². The van der Waals surface area contributed by atoms with Crippen LogP contribution in [0.3, 0.4) is 0 Å². The van der Waals surface area contributed by atoms with E-state index in [2.05, 4.69) is 20.6 Å². The lowest BCUT2D eigenvalue weighted by Gasteiger charge is -2.06. The fourth-order valence-electron chi connectivity index (χ4n) is 2.50. The summed E-state index contributed by atoms with van der Waals surface area (Å²) >= 11 is 7.33. The number of rotatable bonds is 4. The number of benzene rings is 2. The van der Waals surface area contributed by atoms with E-state index in [1.54, 1.807) is 28.8 Å². The molecule has 0 unspecified atom stereocenters. The van der Waals surface area contributed by atoms with Crippen LogP contribution in [-0.2, 0) is 6.42 Å². The van der Waals surface area contributed by atoms with E-state index in [4.69, 9.17) is 11.6 Å². The molecule has 2 aromatic heterocycles. The van der Waals surface area contributed by atoms with E-state index in [1.165, 1.54) is 11.3 Å². The molecule has 0 radical (unpaired) electrons. The maximum absolute atomic E-state index is 12.3. The summed E-state index contributed by atoms with van der Waals surface area (Å²) in [7, 11) is 0. The highest BCUT2D eigenvalue weighted by Gasteiger charge is 2.12. The number of aryl methyl sites for hydroxylation is 1. The number of carbonyl (C=O) groups excluding carboxylic acids is 1. The molecule has 130 valence electrons. The van der Waals surface area contributed by atoms with Gasteiger partial charge in [0.05, 0.1) is 0 Å². The number of fused-ring (bicyclic) bond motifs is 1. The second kappa shape index (κ2) is 6.86. The van der Waals surface area contributed by atoms with Crippen LogP contribution in [0.15, 0.2) is 48.5 Å². The summed E-state index contributed by atoms with van der Waals surface area (Å²) in [5.41, 5.74) is 2.23. The van der Waals surface area contributed by atoms with Gasteiger partial charge in [-0.15, -0.1) is 10.2 Å². The Morgan fingerprint density at radius 3 is 2.54 bits per heavy atom. The molecule has 0 spiro atoms. The third-order valence-electron chi connectivity index (χ3n) is 3.87. The van der Waals surface area contributed by atoms with Crippen molar-refractivity contribution in [1.29, 1.82) is 0 Å². The minimum Gasteiger partial charge on any atom is -0.322 e. The van der Waals surface area contributed by atoms with Crippen LogP contribution in [0.5, 0.6) is 0 Å². The number of hydrogen-bond donors (Lipinski definition) is 1. The zero-order valence-corrected chi connectivity index (χ0v) is 15.4. The van der Waals surface area contributed by atoms with Crippen molar-refractivity contribution < 1.29 is 4.79 Å². The van der Waals surface area contributed by atoms with Crippen LogP contribution in [0.4, 0.5) is 5.69 Å². The Morgan fingerprint density at radius 1 is 1.12 bits per heavy atom. The normalized spacial score (nSPS) is 11.0. The molecule has 4 rings (SSSR count). The molecule has 0 atom stereocenters. The Bertz CT molecular complexity index is 1070. The number of nitrogens with one attached hydrogen (secondary N) is 1. The van der Waals surface area contributed by atoms with Crippen molar-refractivity contribution >= 4 is 39.5 Å². The van der Waals surface area contributed by atoms with E-state index in [0.717, 1.165) is 27.8 Å². The summed E-state index contributed by atoms with van der Waals surface area (Å²) in [5, 5.41) is 17.1. The predicted molar refractivity (Wildman–Crippen MR) is 103 cm³/mol. The highest BCUT2D eigenvalue weighted by atomic mass is 35.5. The Hall–Kier alpha value is -2.77. The molecule has 1 amide bonds. The van der Waals surface area contributed by atoms with Gasteiger partial charge in [0.2, 0.25) is 4.96 Å². The SMILES string of the molecule is CCc1nnc2sc(-c3ccc(NC(=O)c4ccc(Cl)cc4)cc3)nn12. The largest absolute Gasteiger partial charge is 0.322 e. The first-order valence-electron chi connectivity index (χ1n) is 8.02. The van der Waals surface area contributed by atoms with Gasteiger partial charge in [0.25, 0.3) is 5.91 Å². The summed E-state index contributed by atoms with van der Waals surface area (Å²) in [4.78, 5) is 13.0. The van der Waals surface area contributed by atoms with Crippen molar-refractivity contribution in [3.63, 3.8) is 0 Å². The number of aromatic nitrogens is 4. The van der Waals surface area contributed by atoms with Crippen molar-refractivity contribution in [3.8, 4) is 10.6 Å². The number of nitrogens with zero attached hydrogens (tertiary/aromatic N) is 4. The molecule has 0 aliphatic rings. The van der Waals surface area contributed by atoms with E-state index >= 15 is 0 Å². The number of anilines is 1. The monoisotopic (exact) mass is 383 g/mol. The molecule has 0 aliphatic carbocycles. The number of hydrogen-bond acceptors (Lipinski definition) is 5. The standard InChI is InChI=1S/C18H14ClN5OS/c1-2-15-21-22-18-24(15)23-17(26-18)12-5-9-14(10-6-12)20-16(25)11-3-7-13(19)8-4-11/h3-10H,2H2,1H3,(H,20,25). The van der Waals surface area contributed by atoms with Gasteiger partial charge in [-0.1, -0.05) is 29.9 Å². The summed E-state index contributed by atoms with van der Waals surface area (Å²) in [6.07, 6.45) is 0.778. The molecule has 8 heteroatoms. The summed E-state index contributed by atoms with van der Waals surface area (Å²) in [6, 6.07) is 14.3. The van der Waals surface area contributed by atoms with Gasteiger partial charge in [0.1, 0.15) is 5.01 Å². The van der Waals surface area contributed by atoms with Crippen LogP contribution in [0, 0.1) is 0 Å². The van der Waals surface area contributed by atoms with Gasteiger partial charge in [-0.25, -0.2) is 0 Å². The first-order chi connectivity index (χ1) is 12.6. The molecule has 0 aliphatic heterocycles. The minimum absolute atomic E-state index is 0.180. The fourth-order valence-corrected chi connectivity index (χ4v) is 3.48. The predicted octanol–water partition coefficient (Wildman–Crippen LogP) is 4.32. The van der Waals surface area contributed by atoms with Crippen LogP contribution < -0.4 is 5.32 Å². The van der Waals surface area contributed by atoms with Crippen molar-refractivity contribution in [3.05, 3.63) is 64.9 Å².